The first kappa shape index (κ1) is 14.6. The van der Waals surface area contributed by atoms with Crippen LogP contribution in [0.15, 0.2) is 34.9 Å². The van der Waals surface area contributed by atoms with Crippen LogP contribution in [-0.4, -0.2) is 53.6 Å². The van der Waals surface area contributed by atoms with Crippen molar-refractivity contribution in [1.29, 1.82) is 0 Å². The maximum absolute atomic E-state index is 9.65. The van der Waals surface area contributed by atoms with E-state index >= 15 is 0 Å². The van der Waals surface area contributed by atoms with E-state index in [1.807, 2.05) is 42.3 Å². The van der Waals surface area contributed by atoms with E-state index in [0.29, 0.717) is 31.4 Å². The maximum Gasteiger partial charge on any atom is 0.257 e. The van der Waals surface area contributed by atoms with Crippen LogP contribution in [0.1, 0.15) is 5.82 Å². The number of nitrogens with zero attached hydrogens (tertiary/aromatic N) is 3. The van der Waals surface area contributed by atoms with Crippen molar-refractivity contribution >= 4 is 0 Å². The van der Waals surface area contributed by atoms with E-state index in [1.54, 1.807) is 7.11 Å². The Morgan fingerprint density at radius 1 is 1.35 bits per heavy atom. The number of likely N-dealkylation sites (N-methyl/N-ethyl adjacent to an activating group) is 1. The van der Waals surface area contributed by atoms with Crippen LogP contribution in [0, 0.1) is 0 Å². The van der Waals surface area contributed by atoms with Crippen molar-refractivity contribution in [2.24, 2.45) is 0 Å². The Kier molecular flexibility index (Phi) is 5.23. The second-order valence-corrected chi connectivity index (χ2v) is 4.69. The minimum absolute atomic E-state index is 0.311. The fourth-order valence-corrected chi connectivity index (χ4v) is 1.93. The smallest absolute Gasteiger partial charge is 0.257 e. The van der Waals surface area contributed by atoms with Crippen molar-refractivity contribution in [2.75, 3.05) is 27.3 Å². The monoisotopic (exact) mass is 277 g/mol. The SMILES string of the molecule is COCC(O)CN(C)Cc1noc(-c2ccccc2)n1. The number of aliphatic hydroxyl groups excluding tert-OH is 1. The Balaban J connectivity index is 1.93. The molecule has 2 aromatic rings. The minimum Gasteiger partial charge on any atom is -0.389 e. The number of methoxy groups -OCH3 is 1. The van der Waals surface area contributed by atoms with Crippen LogP contribution >= 0.6 is 0 Å². The number of aliphatic hydroxyl groups is 1. The largest absolute Gasteiger partial charge is 0.389 e. The molecule has 0 bridgehead atoms. The van der Waals surface area contributed by atoms with Crippen LogP contribution in [0.4, 0.5) is 0 Å². The highest BCUT2D eigenvalue weighted by Crippen LogP contribution is 2.16. The van der Waals surface area contributed by atoms with Gasteiger partial charge in [0.2, 0.25) is 0 Å². The number of benzene rings is 1. The molecule has 0 amide bonds. The number of hydrogen-bond donors (Lipinski definition) is 1. The zero-order valence-electron chi connectivity index (χ0n) is 11.7. The highest BCUT2D eigenvalue weighted by molar-refractivity contribution is 5.51. The molecule has 1 heterocycles. The fourth-order valence-electron chi connectivity index (χ4n) is 1.93. The van der Waals surface area contributed by atoms with Crippen molar-refractivity contribution in [3.63, 3.8) is 0 Å². The lowest BCUT2D eigenvalue weighted by molar-refractivity contribution is 0.0413. The summed E-state index contributed by atoms with van der Waals surface area (Å²) in [4.78, 5) is 6.26. The quantitative estimate of drug-likeness (QED) is 0.819. The first-order valence-corrected chi connectivity index (χ1v) is 6.42. The molecule has 1 N–H and O–H groups in total. The molecule has 0 saturated carbocycles. The van der Waals surface area contributed by atoms with Gasteiger partial charge in [0.05, 0.1) is 19.3 Å². The normalized spacial score (nSPS) is 12.8. The summed E-state index contributed by atoms with van der Waals surface area (Å²) in [6, 6.07) is 9.62. The van der Waals surface area contributed by atoms with E-state index in [4.69, 9.17) is 9.26 Å². The number of rotatable bonds is 7. The molecule has 6 nitrogen and oxygen atoms in total. The molecule has 0 saturated heterocycles. The van der Waals surface area contributed by atoms with Crippen molar-refractivity contribution < 1.29 is 14.4 Å². The third kappa shape index (κ3) is 4.12. The minimum atomic E-state index is -0.523. The summed E-state index contributed by atoms with van der Waals surface area (Å²) >= 11 is 0. The van der Waals surface area contributed by atoms with Gasteiger partial charge in [0.1, 0.15) is 0 Å². The first-order chi connectivity index (χ1) is 9.69. The molecule has 0 radical (unpaired) electrons. The predicted octanol–water partition coefficient (Wildman–Crippen LogP) is 1.18. The highest BCUT2D eigenvalue weighted by Gasteiger charge is 2.13. The second kappa shape index (κ2) is 7.14. The molecule has 0 aliphatic heterocycles. The summed E-state index contributed by atoms with van der Waals surface area (Å²) in [5, 5.41) is 13.6. The lowest BCUT2D eigenvalue weighted by atomic mass is 10.2. The van der Waals surface area contributed by atoms with Crippen molar-refractivity contribution in [3.05, 3.63) is 36.2 Å². The van der Waals surface area contributed by atoms with Gasteiger partial charge in [-0.3, -0.25) is 4.90 Å². The van der Waals surface area contributed by atoms with Crippen LogP contribution in [0.2, 0.25) is 0 Å². The maximum atomic E-state index is 9.65. The molecule has 1 aromatic heterocycles. The number of hydrogen-bond acceptors (Lipinski definition) is 6. The van der Waals surface area contributed by atoms with Gasteiger partial charge in [-0.2, -0.15) is 4.98 Å². The van der Waals surface area contributed by atoms with Gasteiger partial charge in [-0.1, -0.05) is 23.4 Å². The van der Waals surface area contributed by atoms with Crippen molar-refractivity contribution in [1.82, 2.24) is 15.0 Å². The number of ether oxygens (including phenoxy) is 1. The zero-order valence-corrected chi connectivity index (χ0v) is 11.7. The summed E-state index contributed by atoms with van der Waals surface area (Å²) in [6.45, 7) is 1.31. The molecular weight excluding hydrogens is 258 g/mol. The van der Waals surface area contributed by atoms with Gasteiger partial charge in [0, 0.05) is 19.2 Å². The Morgan fingerprint density at radius 2 is 2.10 bits per heavy atom. The van der Waals surface area contributed by atoms with Crippen LogP contribution in [0.5, 0.6) is 0 Å². The Hall–Kier alpha value is -1.76. The molecule has 0 fully saturated rings. The molecule has 1 aromatic carbocycles. The fraction of sp³-hybridized carbons (Fsp3) is 0.429. The lowest BCUT2D eigenvalue weighted by Gasteiger charge is -2.18. The van der Waals surface area contributed by atoms with E-state index in [1.165, 1.54) is 0 Å². The van der Waals surface area contributed by atoms with Gasteiger partial charge < -0.3 is 14.4 Å². The summed E-state index contributed by atoms with van der Waals surface area (Å²) in [5.74, 6) is 1.10. The Bertz CT molecular complexity index is 515. The van der Waals surface area contributed by atoms with Gasteiger partial charge in [0.15, 0.2) is 5.82 Å². The van der Waals surface area contributed by atoms with E-state index in [9.17, 15) is 5.11 Å². The molecule has 0 aliphatic carbocycles. The molecule has 1 unspecified atom stereocenters. The van der Waals surface area contributed by atoms with Gasteiger partial charge >= 0.3 is 0 Å². The molecule has 6 heteroatoms. The summed E-state index contributed by atoms with van der Waals surface area (Å²) in [5.41, 5.74) is 0.897. The average molecular weight is 277 g/mol. The van der Waals surface area contributed by atoms with Crippen LogP contribution in [0.3, 0.4) is 0 Å². The first-order valence-electron chi connectivity index (χ1n) is 6.42. The molecule has 1 atom stereocenters. The molecule has 108 valence electrons. The number of aromatic nitrogens is 2. The summed E-state index contributed by atoms with van der Waals surface area (Å²) < 4.78 is 10.1. The average Bonchev–Trinajstić information content (AvgIpc) is 2.88. The van der Waals surface area contributed by atoms with E-state index in [2.05, 4.69) is 10.1 Å². The van der Waals surface area contributed by atoms with E-state index < -0.39 is 6.10 Å². The predicted molar refractivity (Wildman–Crippen MR) is 74.0 cm³/mol. The Morgan fingerprint density at radius 3 is 2.80 bits per heavy atom. The van der Waals surface area contributed by atoms with Crippen molar-refractivity contribution in [3.8, 4) is 11.5 Å². The standard InChI is InChI=1S/C14H19N3O3/c1-17(8-12(18)10-19-2)9-13-15-14(20-16-13)11-6-4-3-5-7-11/h3-7,12,18H,8-10H2,1-2H3. The molecule has 20 heavy (non-hydrogen) atoms. The van der Waals surface area contributed by atoms with E-state index in [0.717, 1.165) is 5.56 Å². The van der Waals surface area contributed by atoms with Crippen LogP contribution < -0.4 is 0 Å². The van der Waals surface area contributed by atoms with Gasteiger partial charge in [-0.25, -0.2) is 0 Å². The Labute approximate surface area is 118 Å². The van der Waals surface area contributed by atoms with Crippen molar-refractivity contribution in [2.45, 2.75) is 12.6 Å². The zero-order chi connectivity index (χ0) is 14.4. The van der Waals surface area contributed by atoms with Crippen LogP contribution in [0.25, 0.3) is 11.5 Å². The van der Waals surface area contributed by atoms with Crippen LogP contribution in [-0.2, 0) is 11.3 Å². The van der Waals surface area contributed by atoms with Gasteiger partial charge in [0.25, 0.3) is 5.89 Å². The molecule has 2 rings (SSSR count). The molecular formula is C14H19N3O3. The summed E-state index contributed by atoms with van der Waals surface area (Å²) in [7, 11) is 3.45. The topological polar surface area (TPSA) is 71.6 Å². The third-order valence-electron chi connectivity index (χ3n) is 2.78. The van der Waals surface area contributed by atoms with Gasteiger partial charge in [-0.05, 0) is 19.2 Å². The van der Waals surface area contributed by atoms with E-state index in [-0.39, 0.29) is 0 Å². The second-order valence-electron chi connectivity index (χ2n) is 4.69. The lowest BCUT2D eigenvalue weighted by Crippen LogP contribution is -2.31. The highest BCUT2D eigenvalue weighted by atomic mass is 16.5. The third-order valence-corrected chi connectivity index (χ3v) is 2.78. The molecule has 0 spiro atoms. The summed E-state index contributed by atoms with van der Waals surface area (Å²) in [6.07, 6.45) is -0.523. The molecule has 0 aliphatic rings. The van der Waals surface area contributed by atoms with Gasteiger partial charge in [-0.15, -0.1) is 0 Å².